The topological polar surface area (TPSA) is 20.2 Å². The van der Waals surface area contributed by atoms with E-state index in [4.69, 9.17) is 5.11 Å². The van der Waals surface area contributed by atoms with E-state index in [1.165, 1.54) is 7.76 Å². The molecule has 0 aliphatic heterocycles. The molecule has 0 unspecified atom stereocenters. The van der Waals surface area contributed by atoms with Crippen molar-refractivity contribution in [3.8, 4) is 0 Å². The van der Waals surface area contributed by atoms with Crippen molar-refractivity contribution in [1.82, 2.24) is 0 Å². The molecule has 15 heavy (non-hydrogen) atoms. The fourth-order valence-corrected chi connectivity index (χ4v) is 3.25. The standard InChI is InChI=1S/C11H19INOS/c1-13(2,7-3-9-14)8-6-10-4-5-11(12)15-10/h4-5,14H,3,6-9H2,1-2H3/q+1. The third-order valence-electron chi connectivity index (χ3n) is 2.51. The summed E-state index contributed by atoms with van der Waals surface area (Å²) in [5, 5.41) is 8.81. The zero-order valence-corrected chi connectivity index (χ0v) is 12.3. The van der Waals surface area contributed by atoms with Crippen molar-refractivity contribution in [2.45, 2.75) is 12.8 Å². The number of nitrogens with zero attached hydrogens (tertiary/aromatic N) is 1. The predicted molar refractivity (Wildman–Crippen MR) is 74.3 cm³/mol. The first-order valence-electron chi connectivity index (χ1n) is 5.20. The van der Waals surface area contributed by atoms with Crippen molar-refractivity contribution < 1.29 is 9.59 Å². The van der Waals surface area contributed by atoms with Crippen LogP contribution in [0.25, 0.3) is 0 Å². The summed E-state index contributed by atoms with van der Waals surface area (Å²) < 4.78 is 2.36. The lowest BCUT2D eigenvalue weighted by Gasteiger charge is -2.29. The number of hydrogen-bond donors (Lipinski definition) is 1. The molecule has 0 bridgehead atoms. The zero-order chi connectivity index (χ0) is 11.3. The van der Waals surface area contributed by atoms with E-state index < -0.39 is 0 Å². The van der Waals surface area contributed by atoms with Crippen LogP contribution in [0.5, 0.6) is 0 Å². The van der Waals surface area contributed by atoms with Gasteiger partial charge in [0.05, 0.1) is 30.1 Å². The number of halogens is 1. The maximum atomic E-state index is 8.81. The Balaban J connectivity index is 2.35. The number of rotatable bonds is 6. The summed E-state index contributed by atoms with van der Waals surface area (Å²) in [6, 6.07) is 4.40. The van der Waals surface area contributed by atoms with Crippen molar-refractivity contribution in [1.29, 1.82) is 0 Å². The lowest BCUT2D eigenvalue weighted by Crippen LogP contribution is -2.42. The molecule has 1 N–H and O–H groups in total. The van der Waals surface area contributed by atoms with E-state index in [2.05, 4.69) is 48.8 Å². The van der Waals surface area contributed by atoms with Crippen LogP contribution in [0.3, 0.4) is 0 Å². The Morgan fingerprint density at radius 1 is 1.33 bits per heavy atom. The van der Waals surface area contributed by atoms with Crippen molar-refractivity contribution in [3.63, 3.8) is 0 Å². The van der Waals surface area contributed by atoms with Crippen LogP contribution in [0.2, 0.25) is 0 Å². The largest absolute Gasteiger partial charge is 0.396 e. The number of thiophene rings is 1. The van der Waals surface area contributed by atoms with Gasteiger partial charge in [0.25, 0.3) is 0 Å². The van der Waals surface area contributed by atoms with Gasteiger partial charge < -0.3 is 9.59 Å². The Kier molecular flexibility index (Phi) is 5.52. The first-order valence-corrected chi connectivity index (χ1v) is 7.10. The van der Waals surface area contributed by atoms with Crippen molar-refractivity contribution in [3.05, 3.63) is 19.9 Å². The average Bonchev–Trinajstić information content (AvgIpc) is 2.59. The summed E-state index contributed by atoms with van der Waals surface area (Å²) in [5.41, 5.74) is 0. The van der Waals surface area contributed by atoms with Gasteiger partial charge >= 0.3 is 0 Å². The summed E-state index contributed by atoms with van der Waals surface area (Å²) in [6.45, 7) is 2.51. The van der Waals surface area contributed by atoms with E-state index in [0.29, 0.717) is 6.61 Å². The molecule has 0 saturated carbocycles. The van der Waals surface area contributed by atoms with Crippen LogP contribution in [0.4, 0.5) is 0 Å². The van der Waals surface area contributed by atoms with Gasteiger partial charge in [-0.15, -0.1) is 11.3 Å². The lowest BCUT2D eigenvalue weighted by molar-refractivity contribution is -0.890. The Labute approximate surface area is 110 Å². The van der Waals surface area contributed by atoms with Crippen LogP contribution in [0, 0.1) is 2.88 Å². The van der Waals surface area contributed by atoms with Gasteiger partial charge in [-0.25, -0.2) is 0 Å². The first kappa shape index (κ1) is 13.4. The third-order valence-corrected chi connectivity index (χ3v) is 4.47. The molecule has 86 valence electrons. The first-order chi connectivity index (χ1) is 7.03. The Morgan fingerprint density at radius 3 is 2.60 bits per heavy atom. The molecule has 0 spiro atoms. The van der Waals surface area contributed by atoms with Crippen LogP contribution in [0.1, 0.15) is 11.3 Å². The molecule has 1 rings (SSSR count). The molecule has 2 nitrogen and oxygen atoms in total. The second kappa shape index (κ2) is 6.18. The molecule has 0 radical (unpaired) electrons. The number of likely N-dealkylation sites (N-methyl/N-ethyl adjacent to an activating group) is 1. The molecule has 0 aliphatic rings. The van der Waals surface area contributed by atoms with Gasteiger partial charge in [-0.3, -0.25) is 0 Å². The molecule has 4 heteroatoms. The highest BCUT2D eigenvalue weighted by Crippen LogP contribution is 2.19. The predicted octanol–water partition coefficient (Wildman–Crippen LogP) is 2.35. The van der Waals surface area contributed by atoms with Crippen molar-refractivity contribution >= 4 is 33.9 Å². The minimum absolute atomic E-state index is 0.304. The highest BCUT2D eigenvalue weighted by molar-refractivity contribution is 14.1. The van der Waals surface area contributed by atoms with Crippen LogP contribution >= 0.6 is 33.9 Å². The lowest BCUT2D eigenvalue weighted by atomic mass is 10.3. The van der Waals surface area contributed by atoms with Gasteiger partial charge in [-0.05, 0) is 34.7 Å². The van der Waals surface area contributed by atoms with E-state index in [1.807, 2.05) is 11.3 Å². The molecule has 0 fully saturated rings. The molecule has 1 aromatic rings. The van der Waals surface area contributed by atoms with Crippen LogP contribution in [-0.4, -0.2) is 43.4 Å². The molecule has 1 aromatic heterocycles. The third kappa shape index (κ3) is 5.29. The fraction of sp³-hybridized carbons (Fsp3) is 0.636. The molecular weight excluding hydrogens is 321 g/mol. The summed E-state index contributed by atoms with van der Waals surface area (Å²) in [4.78, 5) is 1.47. The Bertz CT molecular complexity index is 299. The smallest absolute Gasteiger partial charge is 0.0831 e. The second-order valence-electron chi connectivity index (χ2n) is 4.42. The van der Waals surface area contributed by atoms with Gasteiger partial charge in [0.2, 0.25) is 0 Å². The number of hydrogen-bond acceptors (Lipinski definition) is 2. The molecule has 1 heterocycles. The van der Waals surface area contributed by atoms with Crippen molar-refractivity contribution in [2.75, 3.05) is 33.8 Å². The Hall–Kier alpha value is 0.350. The van der Waals surface area contributed by atoms with Gasteiger partial charge in [0.15, 0.2) is 0 Å². The molecule has 0 aromatic carbocycles. The van der Waals surface area contributed by atoms with Gasteiger partial charge in [-0.1, -0.05) is 0 Å². The van der Waals surface area contributed by atoms with Crippen LogP contribution in [-0.2, 0) is 6.42 Å². The summed E-state index contributed by atoms with van der Waals surface area (Å²) in [7, 11) is 4.46. The SMILES string of the molecule is C[N+](C)(CCCO)CCc1ccc(I)s1. The highest BCUT2D eigenvalue weighted by atomic mass is 127. The summed E-state index contributed by atoms with van der Waals surface area (Å²) in [6.07, 6.45) is 2.04. The number of aliphatic hydroxyl groups is 1. The van der Waals surface area contributed by atoms with Gasteiger partial charge in [0.1, 0.15) is 0 Å². The van der Waals surface area contributed by atoms with E-state index >= 15 is 0 Å². The van der Waals surface area contributed by atoms with E-state index in [9.17, 15) is 0 Å². The molecule has 0 amide bonds. The minimum atomic E-state index is 0.304. The fourth-order valence-electron chi connectivity index (χ4n) is 1.51. The molecule has 0 aliphatic carbocycles. The quantitative estimate of drug-likeness (QED) is 0.623. The minimum Gasteiger partial charge on any atom is -0.396 e. The summed E-state index contributed by atoms with van der Waals surface area (Å²) >= 11 is 4.24. The van der Waals surface area contributed by atoms with Crippen molar-refractivity contribution in [2.24, 2.45) is 0 Å². The van der Waals surface area contributed by atoms with Crippen LogP contribution < -0.4 is 0 Å². The average molecular weight is 340 g/mol. The second-order valence-corrected chi connectivity index (χ2v) is 7.48. The van der Waals surface area contributed by atoms with Gasteiger partial charge in [0, 0.05) is 24.3 Å². The Morgan fingerprint density at radius 2 is 2.07 bits per heavy atom. The van der Waals surface area contributed by atoms with E-state index in [0.717, 1.165) is 30.4 Å². The number of quaternary nitrogens is 1. The molecular formula is C11H19INOS+. The highest BCUT2D eigenvalue weighted by Gasteiger charge is 2.14. The molecule has 0 atom stereocenters. The molecule has 0 saturated heterocycles. The van der Waals surface area contributed by atoms with E-state index in [1.54, 1.807) is 0 Å². The monoisotopic (exact) mass is 340 g/mol. The zero-order valence-electron chi connectivity index (χ0n) is 9.37. The maximum absolute atomic E-state index is 8.81. The normalized spacial score (nSPS) is 12.0. The number of aliphatic hydroxyl groups excluding tert-OH is 1. The summed E-state index contributed by atoms with van der Waals surface area (Å²) in [5.74, 6) is 0. The maximum Gasteiger partial charge on any atom is 0.0831 e. The van der Waals surface area contributed by atoms with E-state index in [-0.39, 0.29) is 0 Å². The van der Waals surface area contributed by atoms with Crippen LogP contribution in [0.15, 0.2) is 12.1 Å². The van der Waals surface area contributed by atoms with Gasteiger partial charge in [-0.2, -0.15) is 0 Å².